The maximum absolute atomic E-state index is 13.2. The van der Waals surface area contributed by atoms with Crippen molar-refractivity contribution in [1.29, 1.82) is 0 Å². The van der Waals surface area contributed by atoms with Crippen LogP contribution in [-0.2, 0) is 35.4 Å². The van der Waals surface area contributed by atoms with Crippen molar-refractivity contribution in [3.05, 3.63) is 35.9 Å². The van der Waals surface area contributed by atoms with Gasteiger partial charge in [0, 0.05) is 6.54 Å². The van der Waals surface area contributed by atoms with E-state index in [2.05, 4.69) is 5.48 Å². The van der Waals surface area contributed by atoms with Crippen molar-refractivity contribution in [2.75, 3.05) is 6.54 Å². The van der Waals surface area contributed by atoms with Gasteiger partial charge in [-0.15, -0.1) is 5.06 Å². The standard InChI is InChI=1S/C26H35N3O7/c1-26(2,3)35-25(33)28-15-18(27-34-16-17-9-5-4-6-10-17)13-14-21(28)24(32)36-29-22(30)19-11-7-8-12-20(19)23(29)31/h4-6,9-10,18-21,27H,7-8,11-16H2,1-3H3/t18-,19-,20+,21+/m1/s1. The zero-order chi connectivity index (χ0) is 25.9. The molecule has 4 rings (SSSR count). The highest BCUT2D eigenvalue weighted by molar-refractivity contribution is 6.05. The summed E-state index contributed by atoms with van der Waals surface area (Å²) in [5.41, 5.74) is 3.20. The van der Waals surface area contributed by atoms with Crippen LogP contribution in [0.1, 0.15) is 64.9 Å². The Kier molecular flexibility index (Phi) is 7.94. The van der Waals surface area contributed by atoms with Gasteiger partial charge in [0.25, 0.3) is 11.8 Å². The molecule has 0 radical (unpaired) electrons. The first-order chi connectivity index (χ1) is 17.1. The summed E-state index contributed by atoms with van der Waals surface area (Å²) < 4.78 is 5.53. The third-order valence-corrected chi connectivity index (χ3v) is 6.80. The molecule has 1 N–H and O–H groups in total. The second kappa shape index (κ2) is 11.0. The molecule has 1 saturated carbocycles. The molecule has 1 aromatic rings. The fourth-order valence-corrected chi connectivity index (χ4v) is 5.02. The van der Waals surface area contributed by atoms with E-state index in [9.17, 15) is 19.2 Å². The monoisotopic (exact) mass is 501 g/mol. The average molecular weight is 502 g/mol. The number of hydrogen-bond donors (Lipinski definition) is 1. The zero-order valence-corrected chi connectivity index (χ0v) is 21.1. The van der Waals surface area contributed by atoms with Crippen molar-refractivity contribution in [1.82, 2.24) is 15.4 Å². The number of carbonyl (C=O) groups excluding carboxylic acids is 4. The number of fused-ring (bicyclic) bond motifs is 1. The summed E-state index contributed by atoms with van der Waals surface area (Å²) in [7, 11) is 0. The number of benzene rings is 1. The van der Waals surface area contributed by atoms with Crippen molar-refractivity contribution in [3.8, 4) is 0 Å². The highest BCUT2D eigenvalue weighted by atomic mass is 16.7. The van der Waals surface area contributed by atoms with Crippen LogP contribution < -0.4 is 5.48 Å². The second-order valence-corrected chi connectivity index (χ2v) is 10.7. The maximum Gasteiger partial charge on any atom is 0.411 e. The molecule has 36 heavy (non-hydrogen) atoms. The molecule has 2 aliphatic heterocycles. The van der Waals surface area contributed by atoms with Gasteiger partial charge in [0.15, 0.2) is 0 Å². The lowest BCUT2D eigenvalue weighted by Crippen LogP contribution is -2.57. The average Bonchev–Trinajstić information content (AvgIpc) is 3.08. The predicted octanol–water partition coefficient (Wildman–Crippen LogP) is 3.11. The minimum atomic E-state index is -0.991. The van der Waals surface area contributed by atoms with E-state index in [-0.39, 0.29) is 19.0 Å². The van der Waals surface area contributed by atoms with Crippen molar-refractivity contribution < 1.29 is 33.6 Å². The molecule has 0 bridgehead atoms. The Morgan fingerprint density at radius 1 is 0.972 bits per heavy atom. The van der Waals surface area contributed by atoms with Gasteiger partial charge >= 0.3 is 12.1 Å². The number of piperidine rings is 1. The normalized spacial score (nSPS) is 26.5. The summed E-state index contributed by atoms with van der Waals surface area (Å²) in [6.07, 6.45) is 3.08. The SMILES string of the molecule is CC(C)(C)OC(=O)N1C[C@H](NOCc2ccccc2)CC[C@H]1C(=O)ON1C(=O)[C@H]2CCCC[C@H]2C1=O. The smallest absolute Gasteiger partial charge is 0.411 e. The number of hydrogen-bond acceptors (Lipinski definition) is 8. The van der Waals surface area contributed by atoms with Gasteiger partial charge in [-0.25, -0.2) is 9.59 Å². The zero-order valence-electron chi connectivity index (χ0n) is 21.1. The van der Waals surface area contributed by atoms with E-state index >= 15 is 0 Å². The summed E-state index contributed by atoms with van der Waals surface area (Å²) in [5.74, 6) is -2.60. The molecule has 2 heterocycles. The number of carbonyl (C=O) groups is 4. The van der Waals surface area contributed by atoms with E-state index in [1.165, 1.54) is 4.90 Å². The molecule has 3 amide bonds. The first-order valence-electron chi connectivity index (χ1n) is 12.6. The largest absolute Gasteiger partial charge is 0.444 e. The molecule has 10 heteroatoms. The Bertz CT molecular complexity index is 953. The van der Waals surface area contributed by atoms with Crippen molar-refractivity contribution >= 4 is 23.9 Å². The first-order valence-corrected chi connectivity index (χ1v) is 12.6. The van der Waals surface area contributed by atoms with Crippen LogP contribution in [-0.4, -0.2) is 58.1 Å². The van der Waals surface area contributed by atoms with Gasteiger partial charge in [0.05, 0.1) is 24.5 Å². The second-order valence-electron chi connectivity index (χ2n) is 10.7. The van der Waals surface area contributed by atoms with Crippen LogP contribution in [0.4, 0.5) is 4.79 Å². The van der Waals surface area contributed by atoms with Crippen LogP contribution in [0.25, 0.3) is 0 Å². The molecule has 0 spiro atoms. The molecule has 2 saturated heterocycles. The Labute approximate surface area is 211 Å². The summed E-state index contributed by atoms with van der Waals surface area (Å²) >= 11 is 0. The molecular formula is C26H35N3O7. The van der Waals surface area contributed by atoms with E-state index in [1.807, 2.05) is 30.3 Å². The third-order valence-electron chi connectivity index (χ3n) is 6.80. The van der Waals surface area contributed by atoms with Crippen LogP contribution in [0.15, 0.2) is 30.3 Å². The topological polar surface area (TPSA) is 114 Å². The molecule has 0 unspecified atom stereocenters. The molecule has 3 fully saturated rings. The Balaban J connectivity index is 1.41. The van der Waals surface area contributed by atoms with Gasteiger partial charge in [-0.05, 0) is 52.0 Å². The maximum atomic E-state index is 13.2. The lowest BCUT2D eigenvalue weighted by Gasteiger charge is -2.38. The number of imide groups is 1. The van der Waals surface area contributed by atoms with E-state index < -0.39 is 47.4 Å². The lowest BCUT2D eigenvalue weighted by atomic mass is 9.81. The molecule has 4 atom stereocenters. The number of amides is 3. The molecule has 3 aliphatic rings. The van der Waals surface area contributed by atoms with Crippen molar-refractivity contribution in [3.63, 3.8) is 0 Å². The van der Waals surface area contributed by atoms with Crippen molar-refractivity contribution in [2.45, 2.75) is 83.6 Å². The van der Waals surface area contributed by atoms with Crippen LogP contribution in [0.3, 0.4) is 0 Å². The summed E-state index contributed by atoms with van der Waals surface area (Å²) in [6.45, 7) is 5.70. The van der Waals surface area contributed by atoms with Crippen LogP contribution >= 0.6 is 0 Å². The highest BCUT2D eigenvalue weighted by Gasteiger charge is 2.51. The molecular weight excluding hydrogens is 466 g/mol. The minimum Gasteiger partial charge on any atom is -0.444 e. The number of ether oxygens (including phenoxy) is 1. The van der Waals surface area contributed by atoms with Gasteiger partial charge in [0.2, 0.25) is 0 Å². The number of nitrogens with zero attached hydrogens (tertiary/aromatic N) is 2. The van der Waals surface area contributed by atoms with Crippen LogP contribution in [0.5, 0.6) is 0 Å². The van der Waals surface area contributed by atoms with Crippen LogP contribution in [0.2, 0.25) is 0 Å². The van der Waals surface area contributed by atoms with Gasteiger partial charge in [-0.2, -0.15) is 5.48 Å². The third kappa shape index (κ3) is 6.04. The first kappa shape index (κ1) is 26.1. The highest BCUT2D eigenvalue weighted by Crippen LogP contribution is 2.38. The van der Waals surface area contributed by atoms with Gasteiger partial charge in [-0.1, -0.05) is 43.2 Å². The molecule has 1 aromatic carbocycles. The van der Waals surface area contributed by atoms with Gasteiger partial charge in [-0.3, -0.25) is 19.3 Å². The fraction of sp³-hybridized carbons (Fsp3) is 0.615. The fourth-order valence-electron chi connectivity index (χ4n) is 5.02. The predicted molar refractivity (Wildman–Crippen MR) is 128 cm³/mol. The van der Waals surface area contributed by atoms with Gasteiger partial charge in [0.1, 0.15) is 11.6 Å². The van der Waals surface area contributed by atoms with E-state index in [1.54, 1.807) is 20.8 Å². The molecule has 0 aromatic heterocycles. The lowest BCUT2D eigenvalue weighted by molar-refractivity contribution is -0.203. The minimum absolute atomic E-state index is 0.136. The van der Waals surface area contributed by atoms with E-state index in [4.69, 9.17) is 14.4 Å². The number of likely N-dealkylation sites (tertiary alicyclic amines) is 1. The Hall–Kier alpha value is -2.98. The quantitative estimate of drug-likeness (QED) is 0.467. The number of nitrogens with one attached hydrogen (secondary N) is 1. The number of hydroxylamine groups is 3. The van der Waals surface area contributed by atoms with E-state index in [0.29, 0.717) is 30.9 Å². The summed E-state index contributed by atoms with van der Waals surface area (Å²) in [5, 5.41) is 0.629. The van der Waals surface area contributed by atoms with E-state index in [0.717, 1.165) is 18.4 Å². The summed E-state index contributed by atoms with van der Waals surface area (Å²) in [4.78, 5) is 64.0. The molecule has 1 aliphatic carbocycles. The number of rotatable bonds is 6. The van der Waals surface area contributed by atoms with Crippen molar-refractivity contribution in [2.24, 2.45) is 11.8 Å². The summed E-state index contributed by atoms with van der Waals surface area (Å²) in [6, 6.07) is 8.41. The Morgan fingerprint density at radius 2 is 1.61 bits per heavy atom. The Morgan fingerprint density at radius 3 is 2.22 bits per heavy atom. The molecule has 196 valence electrons. The molecule has 10 nitrogen and oxygen atoms in total. The van der Waals surface area contributed by atoms with Crippen LogP contribution in [0, 0.1) is 11.8 Å². The van der Waals surface area contributed by atoms with Gasteiger partial charge < -0.3 is 9.57 Å².